The Balaban J connectivity index is 2.22. The van der Waals surface area contributed by atoms with Crippen molar-refractivity contribution < 1.29 is 5.11 Å². The molecule has 3 N–H and O–H groups in total. The van der Waals surface area contributed by atoms with E-state index in [0.717, 1.165) is 13.0 Å². The van der Waals surface area contributed by atoms with Gasteiger partial charge in [0.2, 0.25) is 0 Å². The van der Waals surface area contributed by atoms with Crippen molar-refractivity contribution in [2.45, 2.75) is 18.9 Å². The average molecular weight is 194 g/mol. The number of nitrogens with zero attached hydrogens (tertiary/aromatic N) is 3. The number of rotatable bonds is 1. The maximum Gasteiger partial charge on any atom is 0.171 e. The van der Waals surface area contributed by atoms with Crippen LogP contribution in [0.2, 0.25) is 0 Å². The Morgan fingerprint density at radius 3 is 2.79 bits per heavy atom. The van der Waals surface area contributed by atoms with Crippen LogP contribution < -0.4 is 10.6 Å². The van der Waals surface area contributed by atoms with E-state index in [1.807, 2.05) is 11.8 Å². The van der Waals surface area contributed by atoms with Gasteiger partial charge in [-0.3, -0.25) is 0 Å². The Morgan fingerprint density at radius 1 is 1.50 bits per heavy atom. The van der Waals surface area contributed by atoms with Gasteiger partial charge in [0.05, 0.1) is 5.60 Å². The first kappa shape index (κ1) is 9.21. The van der Waals surface area contributed by atoms with E-state index in [1.54, 1.807) is 12.4 Å². The summed E-state index contributed by atoms with van der Waals surface area (Å²) < 4.78 is 0. The van der Waals surface area contributed by atoms with Crippen LogP contribution in [0.25, 0.3) is 0 Å². The minimum atomic E-state index is -0.635. The Kier molecular flexibility index (Phi) is 2.03. The summed E-state index contributed by atoms with van der Waals surface area (Å²) >= 11 is 0. The summed E-state index contributed by atoms with van der Waals surface area (Å²) in [5.41, 5.74) is 5.06. The van der Waals surface area contributed by atoms with Crippen LogP contribution in [-0.4, -0.2) is 33.8 Å². The molecule has 1 aromatic heterocycles. The first-order valence-corrected chi connectivity index (χ1v) is 4.62. The molecular weight excluding hydrogens is 180 g/mol. The molecule has 1 atom stereocenters. The van der Waals surface area contributed by atoms with Crippen LogP contribution >= 0.6 is 0 Å². The van der Waals surface area contributed by atoms with E-state index in [0.29, 0.717) is 18.2 Å². The van der Waals surface area contributed by atoms with Gasteiger partial charge in [0.15, 0.2) is 11.6 Å². The summed E-state index contributed by atoms with van der Waals surface area (Å²) in [5.74, 6) is 1.09. The Bertz CT molecular complexity index is 339. The maximum atomic E-state index is 9.79. The largest absolute Gasteiger partial charge is 0.388 e. The van der Waals surface area contributed by atoms with Crippen molar-refractivity contribution in [1.29, 1.82) is 0 Å². The highest BCUT2D eigenvalue weighted by Gasteiger charge is 2.32. The lowest BCUT2D eigenvalue weighted by atomic mass is 10.1. The first-order valence-electron chi connectivity index (χ1n) is 4.62. The van der Waals surface area contributed by atoms with Gasteiger partial charge < -0.3 is 15.7 Å². The van der Waals surface area contributed by atoms with Gasteiger partial charge in [-0.15, -0.1) is 0 Å². The summed E-state index contributed by atoms with van der Waals surface area (Å²) in [7, 11) is 0. The fourth-order valence-electron chi connectivity index (χ4n) is 1.71. The fourth-order valence-corrected chi connectivity index (χ4v) is 1.71. The fraction of sp³-hybridized carbons (Fsp3) is 0.556. The van der Waals surface area contributed by atoms with Gasteiger partial charge in [-0.05, 0) is 13.3 Å². The molecule has 2 heterocycles. The molecule has 1 aromatic rings. The third-order valence-corrected chi connectivity index (χ3v) is 2.46. The molecular formula is C9H14N4O. The maximum absolute atomic E-state index is 9.79. The number of β-amino-alcohol motifs (C(OH)–C–C–N with tert-alkyl or cyclic N) is 1. The quantitative estimate of drug-likeness (QED) is 0.659. The number of anilines is 2. The summed E-state index contributed by atoms with van der Waals surface area (Å²) in [4.78, 5) is 10.1. The van der Waals surface area contributed by atoms with Crippen molar-refractivity contribution in [3.05, 3.63) is 12.4 Å². The zero-order valence-electron chi connectivity index (χ0n) is 8.14. The van der Waals surface area contributed by atoms with E-state index in [9.17, 15) is 5.11 Å². The van der Waals surface area contributed by atoms with Crippen LogP contribution in [0.15, 0.2) is 12.4 Å². The van der Waals surface area contributed by atoms with Crippen LogP contribution in [0.5, 0.6) is 0 Å². The molecule has 1 saturated heterocycles. The van der Waals surface area contributed by atoms with Crippen molar-refractivity contribution in [1.82, 2.24) is 9.97 Å². The van der Waals surface area contributed by atoms with E-state index in [4.69, 9.17) is 5.73 Å². The number of nitrogen functional groups attached to an aromatic ring is 1. The van der Waals surface area contributed by atoms with Crippen molar-refractivity contribution in [3.63, 3.8) is 0 Å². The van der Waals surface area contributed by atoms with Crippen molar-refractivity contribution in [3.8, 4) is 0 Å². The third kappa shape index (κ3) is 1.63. The number of hydrogen-bond donors (Lipinski definition) is 2. The van der Waals surface area contributed by atoms with E-state index < -0.39 is 5.60 Å². The topological polar surface area (TPSA) is 75.3 Å². The lowest BCUT2D eigenvalue weighted by Crippen LogP contribution is -2.30. The molecule has 0 spiro atoms. The molecule has 14 heavy (non-hydrogen) atoms. The van der Waals surface area contributed by atoms with Crippen LogP contribution in [0.1, 0.15) is 13.3 Å². The number of nitrogens with two attached hydrogens (primary N) is 1. The normalized spacial score (nSPS) is 26.9. The molecule has 0 aliphatic carbocycles. The summed E-state index contributed by atoms with van der Waals surface area (Å²) in [6.07, 6.45) is 3.91. The van der Waals surface area contributed by atoms with Crippen LogP contribution in [0.3, 0.4) is 0 Å². The molecule has 1 aliphatic rings. The number of aromatic nitrogens is 2. The summed E-state index contributed by atoms with van der Waals surface area (Å²) in [6.45, 7) is 3.16. The van der Waals surface area contributed by atoms with Crippen LogP contribution in [-0.2, 0) is 0 Å². The zero-order valence-corrected chi connectivity index (χ0v) is 8.14. The molecule has 0 aromatic carbocycles. The van der Waals surface area contributed by atoms with E-state index >= 15 is 0 Å². The Hall–Kier alpha value is -1.36. The van der Waals surface area contributed by atoms with Crippen LogP contribution in [0.4, 0.5) is 11.6 Å². The molecule has 1 unspecified atom stereocenters. The SMILES string of the molecule is CC1(O)CCN(c2nccnc2N)C1. The molecule has 1 aliphatic heterocycles. The second-order valence-electron chi connectivity index (χ2n) is 3.93. The standard InChI is InChI=1S/C9H14N4O/c1-9(14)2-5-13(6-9)8-7(10)11-3-4-12-8/h3-4,14H,2,5-6H2,1H3,(H2,10,11). The highest BCUT2D eigenvalue weighted by molar-refractivity contribution is 5.58. The van der Waals surface area contributed by atoms with Gasteiger partial charge >= 0.3 is 0 Å². The molecule has 0 saturated carbocycles. The molecule has 1 fully saturated rings. The van der Waals surface area contributed by atoms with Crippen LogP contribution in [0, 0.1) is 0 Å². The smallest absolute Gasteiger partial charge is 0.171 e. The Labute approximate surface area is 82.6 Å². The molecule has 76 valence electrons. The molecule has 0 bridgehead atoms. The highest BCUT2D eigenvalue weighted by atomic mass is 16.3. The average Bonchev–Trinajstić information content (AvgIpc) is 2.47. The van der Waals surface area contributed by atoms with Crippen molar-refractivity contribution in [2.24, 2.45) is 0 Å². The Morgan fingerprint density at radius 2 is 2.21 bits per heavy atom. The molecule has 2 rings (SSSR count). The molecule has 5 heteroatoms. The second-order valence-corrected chi connectivity index (χ2v) is 3.93. The van der Waals surface area contributed by atoms with Gasteiger partial charge in [-0.2, -0.15) is 0 Å². The van der Waals surface area contributed by atoms with E-state index in [-0.39, 0.29) is 0 Å². The van der Waals surface area contributed by atoms with Gasteiger partial charge in [0, 0.05) is 25.5 Å². The minimum absolute atomic E-state index is 0.421. The third-order valence-electron chi connectivity index (χ3n) is 2.46. The van der Waals surface area contributed by atoms with Crippen molar-refractivity contribution >= 4 is 11.6 Å². The van der Waals surface area contributed by atoms with Gasteiger partial charge in [-0.1, -0.05) is 0 Å². The lowest BCUT2D eigenvalue weighted by Gasteiger charge is -2.20. The highest BCUT2D eigenvalue weighted by Crippen LogP contribution is 2.27. The zero-order chi connectivity index (χ0) is 10.2. The summed E-state index contributed by atoms with van der Waals surface area (Å²) in [5, 5.41) is 9.79. The number of aliphatic hydroxyl groups is 1. The second kappa shape index (κ2) is 3.09. The molecule has 0 radical (unpaired) electrons. The molecule has 5 nitrogen and oxygen atoms in total. The summed E-state index contributed by atoms with van der Waals surface area (Å²) in [6, 6.07) is 0. The molecule has 0 amide bonds. The minimum Gasteiger partial charge on any atom is -0.388 e. The predicted molar refractivity (Wildman–Crippen MR) is 53.9 cm³/mol. The lowest BCUT2D eigenvalue weighted by molar-refractivity contribution is 0.0839. The van der Waals surface area contributed by atoms with Gasteiger partial charge in [0.25, 0.3) is 0 Å². The van der Waals surface area contributed by atoms with Crippen molar-refractivity contribution in [2.75, 3.05) is 23.7 Å². The van der Waals surface area contributed by atoms with E-state index in [2.05, 4.69) is 9.97 Å². The predicted octanol–water partition coefficient (Wildman–Crippen LogP) is 0.0199. The van der Waals surface area contributed by atoms with Gasteiger partial charge in [-0.25, -0.2) is 9.97 Å². The monoisotopic (exact) mass is 194 g/mol. The van der Waals surface area contributed by atoms with Gasteiger partial charge in [0.1, 0.15) is 0 Å². The van der Waals surface area contributed by atoms with E-state index in [1.165, 1.54) is 0 Å². The number of hydrogen-bond acceptors (Lipinski definition) is 5. The first-order chi connectivity index (χ1) is 6.58.